The Morgan fingerprint density at radius 2 is 2.00 bits per heavy atom. The summed E-state index contributed by atoms with van der Waals surface area (Å²) in [6.45, 7) is 0.333. The van der Waals surface area contributed by atoms with Crippen molar-refractivity contribution in [2.24, 2.45) is 0 Å². The van der Waals surface area contributed by atoms with Crippen molar-refractivity contribution < 1.29 is 28.0 Å². The van der Waals surface area contributed by atoms with Crippen LogP contribution in [0, 0.1) is 10.1 Å². The average Bonchev–Trinajstić information content (AvgIpc) is 3.50. The lowest BCUT2D eigenvalue weighted by molar-refractivity contribution is -0.383. The van der Waals surface area contributed by atoms with Crippen molar-refractivity contribution in [3.8, 4) is 5.75 Å². The number of sulfonamides is 1. The highest BCUT2D eigenvalue weighted by Gasteiger charge is 2.32. The third-order valence-corrected chi connectivity index (χ3v) is 7.92. The lowest BCUT2D eigenvalue weighted by Crippen LogP contribution is -2.29. The first-order chi connectivity index (χ1) is 17.7. The first-order valence-corrected chi connectivity index (χ1v) is 13.2. The van der Waals surface area contributed by atoms with Gasteiger partial charge in [0.05, 0.1) is 33.5 Å². The number of aromatic amines is 1. The van der Waals surface area contributed by atoms with Crippen LogP contribution in [0.3, 0.4) is 0 Å². The topological polar surface area (TPSA) is 155 Å². The molecule has 3 aromatic carbocycles. The predicted octanol–water partition coefficient (Wildman–Crippen LogP) is 3.28. The number of fused-ring (bicyclic) bond motifs is 4. The van der Waals surface area contributed by atoms with Gasteiger partial charge in [-0.1, -0.05) is 6.07 Å². The summed E-state index contributed by atoms with van der Waals surface area (Å²) in [4.78, 5) is 29.3. The van der Waals surface area contributed by atoms with Crippen molar-refractivity contribution in [3.63, 3.8) is 0 Å². The molecule has 0 unspecified atom stereocenters. The summed E-state index contributed by atoms with van der Waals surface area (Å²) in [5.41, 5.74) is 1.84. The third kappa shape index (κ3) is 4.48. The maximum atomic E-state index is 13.5. The highest BCUT2D eigenvalue weighted by Crippen LogP contribution is 2.41. The molecular formula is C24H21ClN4O7S. The number of nitrogens with zero attached hydrogens (tertiary/aromatic N) is 2. The number of nitro benzene ring substituents is 1. The Kier molecular flexibility index (Phi) is 6.50. The lowest BCUT2D eigenvalue weighted by Gasteiger charge is -2.17. The number of nitrogens with one attached hydrogen (secondary N) is 2. The van der Waals surface area contributed by atoms with Crippen molar-refractivity contribution in [1.82, 2.24) is 9.71 Å². The van der Waals surface area contributed by atoms with E-state index in [1.807, 2.05) is 0 Å². The molecule has 1 aliphatic rings. The van der Waals surface area contributed by atoms with Crippen LogP contribution < -0.4 is 14.4 Å². The molecule has 3 N–H and O–H groups in total. The number of aliphatic hydroxyl groups excluding tert-OH is 1. The van der Waals surface area contributed by atoms with Gasteiger partial charge in [0.25, 0.3) is 11.6 Å². The Morgan fingerprint density at radius 1 is 1.19 bits per heavy atom. The number of aliphatic hydroxyl groups is 1. The monoisotopic (exact) mass is 544 g/mol. The van der Waals surface area contributed by atoms with Crippen LogP contribution >= 0.6 is 11.6 Å². The van der Waals surface area contributed by atoms with Crippen LogP contribution in [-0.2, 0) is 16.4 Å². The molecule has 2 heterocycles. The minimum Gasteiger partial charge on any atom is -0.491 e. The molecule has 37 heavy (non-hydrogen) atoms. The summed E-state index contributed by atoms with van der Waals surface area (Å²) < 4.78 is 32.4. The van der Waals surface area contributed by atoms with E-state index in [2.05, 4.69) is 9.71 Å². The predicted molar refractivity (Wildman–Crippen MR) is 138 cm³/mol. The number of rotatable bonds is 8. The number of amides is 1. The van der Waals surface area contributed by atoms with E-state index in [1.54, 1.807) is 24.3 Å². The Balaban J connectivity index is 1.55. The maximum Gasteiger partial charge on any atom is 0.279 e. The van der Waals surface area contributed by atoms with Gasteiger partial charge in [0, 0.05) is 23.5 Å². The second kappa shape index (κ2) is 9.63. The number of aromatic nitrogens is 1. The number of anilines is 1. The third-order valence-electron chi connectivity index (χ3n) is 6.23. The Bertz CT molecular complexity index is 1670. The second-order valence-corrected chi connectivity index (χ2v) is 10.4. The van der Waals surface area contributed by atoms with E-state index >= 15 is 0 Å². The van der Waals surface area contributed by atoms with Gasteiger partial charge in [-0.05, 0) is 53.8 Å². The van der Waals surface area contributed by atoms with E-state index in [0.29, 0.717) is 41.0 Å². The summed E-state index contributed by atoms with van der Waals surface area (Å²) in [6, 6.07) is 12.0. The number of hydrogen-bond donors (Lipinski definition) is 3. The molecule has 1 aliphatic heterocycles. The summed E-state index contributed by atoms with van der Waals surface area (Å²) in [6.07, 6.45) is 0.445. The molecular weight excluding hydrogens is 524 g/mol. The van der Waals surface area contributed by atoms with Crippen LogP contribution in [0.2, 0.25) is 0 Å². The van der Waals surface area contributed by atoms with Gasteiger partial charge in [0.1, 0.15) is 18.1 Å². The highest BCUT2D eigenvalue weighted by atomic mass is 35.5. The number of ether oxygens (including phenoxy) is 1. The minimum atomic E-state index is -3.93. The quantitative estimate of drug-likeness (QED) is 0.133. The number of carbonyl (C=O) groups excluding carboxylic acids is 1. The fourth-order valence-electron chi connectivity index (χ4n) is 4.59. The van der Waals surface area contributed by atoms with E-state index in [9.17, 15) is 23.3 Å². The van der Waals surface area contributed by atoms with E-state index in [4.69, 9.17) is 21.4 Å². The molecule has 5 rings (SSSR count). The Labute approximate surface area is 215 Å². The fraction of sp³-hybridized carbons (Fsp3) is 0.208. The maximum absolute atomic E-state index is 13.5. The molecule has 0 atom stereocenters. The average molecular weight is 545 g/mol. The zero-order valence-electron chi connectivity index (χ0n) is 19.2. The highest BCUT2D eigenvalue weighted by molar-refractivity contribution is 7.89. The molecule has 0 bridgehead atoms. The van der Waals surface area contributed by atoms with Gasteiger partial charge in [0.15, 0.2) is 0 Å². The molecule has 0 saturated heterocycles. The number of H-pyrrole nitrogens is 1. The van der Waals surface area contributed by atoms with Crippen LogP contribution in [0.1, 0.15) is 16.1 Å². The number of non-ortho nitro benzene ring substituents is 1. The molecule has 0 radical (unpaired) electrons. The molecule has 11 nitrogen and oxygen atoms in total. The van der Waals surface area contributed by atoms with Crippen LogP contribution in [-0.4, -0.2) is 55.1 Å². The molecule has 1 aromatic heterocycles. The van der Waals surface area contributed by atoms with Gasteiger partial charge in [-0.25, -0.2) is 8.42 Å². The summed E-state index contributed by atoms with van der Waals surface area (Å²) >= 11 is 5.51. The van der Waals surface area contributed by atoms with E-state index in [1.165, 1.54) is 29.2 Å². The number of alkyl halides is 1. The van der Waals surface area contributed by atoms with Gasteiger partial charge in [-0.2, -0.15) is 4.72 Å². The molecule has 0 saturated carbocycles. The second-order valence-electron chi connectivity index (χ2n) is 8.35. The van der Waals surface area contributed by atoms with Crippen LogP contribution in [0.25, 0.3) is 21.7 Å². The summed E-state index contributed by atoms with van der Waals surface area (Å²) in [5, 5.41) is 22.3. The van der Waals surface area contributed by atoms with Crippen molar-refractivity contribution >= 4 is 60.6 Å². The van der Waals surface area contributed by atoms with Crippen LogP contribution in [0.4, 0.5) is 11.4 Å². The molecule has 0 fully saturated rings. The van der Waals surface area contributed by atoms with E-state index in [0.717, 1.165) is 10.9 Å². The van der Waals surface area contributed by atoms with Gasteiger partial charge in [0.2, 0.25) is 10.0 Å². The van der Waals surface area contributed by atoms with E-state index in [-0.39, 0.29) is 41.1 Å². The van der Waals surface area contributed by atoms with Crippen LogP contribution in [0.5, 0.6) is 5.75 Å². The number of halogens is 1. The van der Waals surface area contributed by atoms with Gasteiger partial charge < -0.3 is 19.7 Å². The van der Waals surface area contributed by atoms with Crippen LogP contribution in [0.15, 0.2) is 53.4 Å². The zero-order chi connectivity index (χ0) is 26.3. The Hall–Kier alpha value is -3.71. The number of benzene rings is 3. The first-order valence-electron chi connectivity index (χ1n) is 11.2. The van der Waals surface area contributed by atoms with Crippen molar-refractivity contribution in [1.29, 1.82) is 0 Å². The summed E-state index contributed by atoms with van der Waals surface area (Å²) in [5.74, 6) is 0.197. The van der Waals surface area contributed by atoms with Gasteiger partial charge in [-0.15, -0.1) is 11.6 Å². The van der Waals surface area contributed by atoms with Crippen molar-refractivity contribution in [3.05, 3.63) is 69.9 Å². The molecule has 192 valence electrons. The zero-order valence-corrected chi connectivity index (χ0v) is 20.8. The number of carbonyl (C=O) groups is 1. The fourth-order valence-corrected chi connectivity index (χ4v) is 5.85. The number of nitro groups is 1. The minimum absolute atomic E-state index is 0.120. The molecule has 0 aliphatic carbocycles. The lowest BCUT2D eigenvalue weighted by atomic mass is 10.0. The normalized spacial score (nSPS) is 13.3. The van der Waals surface area contributed by atoms with Crippen molar-refractivity contribution in [2.45, 2.75) is 11.3 Å². The SMILES string of the molecule is O=C(c1cc2cc(OCCO)ccc2[nH]1)N1CCc2c1cc([N+](=O)[O-])c1cc(S(=O)(=O)NCCl)ccc21. The standard InChI is InChI=1S/C24H21ClN4O7S/c25-13-26-37(34,35)16-2-3-17-18-5-6-28(22(18)12-23(29(32)33)19(17)11-16)24(31)21-10-14-9-15(36-8-7-30)1-4-20(14)27-21/h1-4,9-12,26-27,30H,5-8,13H2. The Morgan fingerprint density at radius 3 is 2.73 bits per heavy atom. The first kappa shape index (κ1) is 25.0. The molecule has 1 amide bonds. The summed E-state index contributed by atoms with van der Waals surface area (Å²) in [7, 11) is -3.93. The smallest absolute Gasteiger partial charge is 0.279 e. The molecule has 4 aromatic rings. The molecule has 0 spiro atoms. The van der Waals surface area contributed by atoms with E-state index < -0.39 is 14.9 Å². The van der Waals surface area contributed by atoms with Crippen molar-refractivity contribution in [2.75, 3.05) is 30.7 Å². The largest absolute Gasteiger partial charge is 0.491 e. The number of hydrogen-bond acceptors (Lipinski definition) is 7. The van der Waals surface area contributed by atoms with Gasteiger partial charge in [-0.3, -0.25) is 14.9 Å². The molecule has 13 heteroatoms. The van der Waals surface area contributed by atoms with Gasteiger partial charge >= 0.3 is 0 Å².